The van der Waals surface area contributed by atoms with Gasteiger partial charge in [-0.2, -0.15) is 0 Å². The summed E-state index contributed by atoms with van der Waals surface area (Å²) >= 11 is 0. The molecule has 9 aromatic rings. The Labute approximate surface area is 291 Å². The average molecular weight is 632 g/mol. The second-order valence-electron chi connectivity index (χ2n) is 13.5. The number of rotatable bonds is 0. The highest BCUT2D eigenvalue weighted by Gasteiger charge is 2.37. The van der Waals surface area contributed by atoms with Gasteiger partial charge in [-0.3, -0.25) is 0 Å². The molecule has 0 unspecified atom stereocenters. The Morgan fingerprint density at radius 3 is 1.40 bits per heavy atom. The summed E-state index contributed by atoms with van der Waals surface area (Å²) < 4.78 is 2.59. The van der Waals surface area contributed by atoms with Crippen LogP contribution in [0.2, 0.25) is 0 Å². The van der Waals surface area contributed by atoms with Crippen LogP contribution in [0.25, 0.3) is 82.4 Å². The lowest BCUT2D eigenvalue weighted by Gasteiger charge is -2.32. The van der Waals surface area contributed by atoms with Gasteiger partial charge in [-0.1, -0.05) is 175 Å². The quantitative estimate of drug-likeness (QED) is 0.147. The largest absolute Gasteiger partial charge is 0.310 e. The summed E-state index contributed by atoms with van der Waals surface area (Å²) in [5.41, 5.74) is 15.3. The van der Waals surface area contributed by atoms with E-state index < -0.39 is 0 Å². The molecule has 2 heteroatoms. The van der Waals surface area contributed by atoms with E-state index in [9.17, 15) is 0 Å². The van der Waals surface area contributed by atoms with Crippen LogP contribution in [0.3, 0.4) is 0 Å². The third-order valence-corrected chi connectivity index (χ3v) is 11.1. The highest BCUT2D eigenvalue weighted by atomic mass is 15.0. The van der Waals surface area contributed by atoms with E-state index >= 15 is 0 Å². The van der Waals surface area contributed by atoms with Crippen molar-refractivity contribution >= 4 is 66.5 Å². The SMILES string of the molecule is c1ccc2c(c1)B1c3c(cccc3-n3c4ccccc4c4ccccc4c4ccccc4c4cccc1c43)-c1ccccc1-c1ccccc1-2. The number of aromatic nitrogens is 1. The number of hydrogen-bond acceptors (Lipinski definition) is 0. The van der Waals surface area contributed by atoms with Crippen LogP contribution in [0.4, 0.5) is 0 Å². The molecule has 0 amide bonds. The molecule has 2 aliphatic heterocycles. The average Bonchev–Trinajstić information content (AvgIpc) is 3.26. The molecule has 2 aliphatic rings. The maximum atomic E-state index is 2.59. The number of hydrogen-bond donors (Lipinski definition) is 0. The van der Waals surface area contributed by atoms with Gasteiger partial charge in [0.25, 0.3) is 0 Å². The molecule has 0 N–H and O–H groups in total. The van der Waals surface area contributed by atoms with Gasteiger partial charge < -0.3 is 4.57 Å². The summed E-state index contributed by atoms with van der Waals surface area (Å²) in [6, 6.07) is 67.9. The van der Waals surface area contributed by atoms with Gasteiger partial charge in [-0.05, 0) is 78.0 Å². The van der Waals surface area contributed by atoms with Crippen molar-refractivity contribution in [2.45, 2.75) is 0 Å². The first-order valence-electron chi connectivity index (χ1n) is 17.5. The standard InChI is InChI=1S/C48H30BN/c1-5-19-35-31(15-1)33-17-3-7-21-37(33)41-25-14-30-46-47(41)49(43-27-11-9-23-39(35)43)44-28-13-26-42-38-22-8-4-18-34(38)32-16-2-6-20-36(32)40-24-10-12-29-45(40)50(46)48(42)44/h1-30H. The van der Waals surface area contributed by atoms with Gasteiger partial charge >= 0.3 is 0 Å². The number of nitrogens with zero attached hydrogens (tertiary/aromatic N) is 1. The summed E-state index contributed by atoms with van der Waals surface area (Å²) in [7, 11) is 0. The fourth-order valence-electron chi connectivity index (χ4n) is 9.10. The Bertz CT molecular complexity index is 2950. The van der Waals surface area contributed by atoms with Crippen LogP contribution in [-0.2, 0) is 0 Å². The minimum Gasteiger partial charge on any atom is -0.310 e. The summed E-state index contributed by atoms with van der Waals surface area (Å²) in [4.78, 5) is 0. The molecule has 0 saturated carbocycles. The zero-order valence-electron chi connectivity index (χ0n) is 27.3. The molecule has 0 spiro atoms. The molecule has 0 bridgehead atoms. The van der Waals surface area contributed by atoms with Crippen molar-refractivity contribution < 1.29 is 0 Å². The molecule has 0 fully saturated rings. The third kappa shape index (κ3) is 3.73. The molecule has 0 radical (unpaired) electrons. The van der Waals surface area contributed by atoms with Crippen molar-refractivity contribution in [3.05, 3.63) is 182 Å². The van der Waals surface area contributed by atoms with Crippen molar-refractivity contribution in [2.24, 2.45) is 0 Å². The van der Waals surface area contributed by atoms with E-state index in [4.69, 9.17) is 0 Å². The van der Waals surface area contributed by atoms with Gasteiger partial charge in [0.15, 0.2) is 0 Å². The van der Waals surface area contributed by atoms with Crippen molar-refractivity contribution in [1.29, 1.82) is 0 Å². The second kappa shape index (κ2) is 10.6. The third-order valence-electron chi connectivity index (χ3n) is 11.1. The molecule has 0 saturated heterocycles. The highest BCUT2D eigenvalue weighted by molar-refractivity contribution is 6.99. The highest BCUT2D eigenvalue weighted by Crippen LogP contribution is 2.41. The molecule has 8 aromatic carbocycles. The van der Waals surface area contributed by atoms with Crippen LogP contribution in [0.5, 0.6) is 0 Å². The smallest absolute Gasteiger partial charge is 0.248 e. The van der Waals surface area contributed by atoms with Crippen molar-refractivity contribution in [2.75, 3.05) is 0 Å². The Kier molecular flexibility index (Phi) is 5.82. The molecule has 230 valence electrons. The molecule has 50 heavy (non-hydrogen) atoms. The zero-order valence-corrected chi connectivity index (χ0v) is 27.3. The summed E-state index contributed by atoms with van der Waals surface area (Å²) in [5, 5.41) is 7.48. The van der Waals surface area contributed by atoms with E-state index in [1.54, 1.807) is 0 Å². The Morgan fingerprint density at radius 1 is 0.300 bits per heavy atom. The van der Waals surface area contributed by atoms with E-state index in [0.29, 0.717) is 0 Å². The number of benzene rings is 8. The topological polar surface area (TPSA) is 4.93 Å². The van der Waals surface area contributed by atoms with E-state index in [-0.39, 0.29) is 6.71 Å². The summed E-state index contributed by atoms with van der Waals surface area (Å²) in [5.74, 6) is 0. The Balaban J connectivity index is 1.47. The zero-order chi connectivity index (χ0) is 32.8. The van der Waals surface area contributed by atoms with Gasteiger partial charge in [0, 0.05) is 22.0 Å². The van der Waals surface area contributed by atoms with Gasteiger partial charge in [0.1, 0.15) is 0 Å². The maximum Gasteiger partial charge on any atom is 0.248 e. The van der Waals surface area contributed by atoms with Crippen LogP contribution < -0.4 is 16.4 Å². The first-order valence-corrected chi connectivity index (χ1v) is 17.5. The lowest BCUT2D eigenvalue weighted by Crippen LogP contribution is -2.57. The molecule has 1 nitrogen and oxygen atoms in total. The van der Waals surface area contributed by atoms with Gasteiger partial charge in [-0.25, -0.2) is 0 Å². The Morgan fingerprint density at radius 2 is 0.720 bits per heavy atom. The molecular formula is C48H30BN. The summed E-state index contributed by atoms with van der Waals surface area (Å²) in [6.07, 6.45) is 0. The van der Waals surface area contributed by atoms with Gasteiger partial charge in [0.05, 0.1) is 5.52 Å². The summed E-state index contributed by atoms with van der Waals surface area (Å²) in [6.45, 7) is 0.00488. The van der Waals surface area contributed by atoms with Crippen molar-refractivity contribution in [3.8, 4) is 39.1 Å². The van der Waals surface area contributed by atoms with E-state index in [1.165, 1.54) is 98.8 Å². The maximum absolute atomic E-state index is 2.59. The lowest BCUT2D eigenvalue weighted by atomic mass is 9.34. The van der Waals surface area contributed by atoms with Crippen LogP contribution in [0.1, 0.15) is 0 Å². The molecule has 1 aromatic heterocycles. The minimum atomic E-state index is 0.00488. The monoisotopic (exact) mass is 631 g/mol. The minimum absolute atomic E-state index is 0.00488. The fourth-order valence-corrected chi connectivity index (χ4v) is 9.10. The molecule has 11 rings (SSSR count). The number of fused-ring (bicyclic) bond motifs is 16. The first-order chi connectivity index (χ1) is 24.9. The molecule has 0 aliphatic carbocycles. The van der Waals surface area contributed by atoms with Crippen LogP contribution >= 0.6 is 0 Å². The van der Waals surface area contributed by atoms with Crippen LogP contribution in [0, 0.1) is 0 Å². The van der Waals surface area contributed by atoms with E-state index in [2.05, 4.69) is 187 Å². The molecular weight excluding hydrogens is 601 g/mol. The molecule has 3 heterocycles. The molecule has 0 atom stereocenters. The predicted molar refractivity (Wildman–Crippen MR) is 214 cm³/mol. The van der Waals surface area contributed by atoms with Gasteiger partial charge in [0.2, 0.25) is 6.71 Å². The van der Waals surface area contributed by atoms with Crippen molar-refractivity contribution in [3.63, 3.8) is 0 Å². The van der Waals surface area contributed by atoms with Crippen LogP contribution in [0.15, 0.2) is 182 Å². The fraction of sp³-hybridized carbons (Fsp3) is 0. The van der Waals surface area contributed by atoms with E-state index in [0.717, 1.165) is 0 Å². The predicted octanol–water partition coefficient (Wildman–Crippen LogP) is 10.4. The normalized spacial score (nSPS) is 12.4. The lowest BCUT2D eigenvalue weighted by molar-refractivity contribution is 1.18. The Hall–Kier alpha value is -6.38. The first kappa shape index (κ1) is 27.6. The van der Waals surface area contributed by atoms with Crippen LogP contribution in [-0.4, -0.2) is 11.3 Å². The van der Waals surface area contributed by atoms with Crippen molar-refractivity contribution in [1.82, 2.24) is 4.57 Å². The van der Waals surface area contributed by atoms with E-state index in [1.807, 2.05) is 0 Å². The number of para-hydroxylation sites is 2. The second-order valence-corrected chi connectivity index (χ2v) is 13.5. The van der Waals surface area contributed by atoms with Gasteiger partial charge in [-0.15, -0.1) is 0 Å².